The van der Waals surface area contributed by atoms with Gasteiger partial charge in [0.15, 0.2) is 0 Å². The van der Waals surface area contributed by atoms with E-state index in [0.29, 0.717) is 28.1 Å². The van der Waals surface area contributed by atoms with Gasteiger partial charge in [0, 0.05) is 36.7 Å². The van der Waals surface area contributed by atoms with E-state index in [1.54, 1.807) is 11.3 Å². The number of hydrogen-bond donors (Lipinski definition) is 1. The molecule has 1 unspecified atom stereocenters. The van der Waals surface area contributed by atoms with Crippen LogP contribution in [-0.4, -0.2) is 43.5 Å². The van der Waals surface area contributed by atoms with Crippen LogP contribution in [0.2, 0.25) is 10.0 Å². The summed E-state index contributed by atoms with van der Waals surface area (Å²) < 4.78 is 0. The lowest BCUT2D eigenvalue weighted by molar-refractivity contribution is -0.117. The van der Waals surface area contributed by atoms with Crippen molar-refractivity contribution in [3.63, 3.8) is 0 Å². The molecular formula is C22H24Cl2N4OS. The number of piperazine rings is 1. The molecule has 1 N–H and O–H groups in total. The number of fused-ring (bicyclic) bond motifs is 1. The Labute approximate surface area is 191 Å². The number of rotatable bonds is 4. The third-order valence-electron chi connectivity index (χ3n) is 5.88. The molecular weight excluding hydrogens is 439 g/mol. The maximum atomic E-state index is 12.7. The zero-order valence-electron chi connectivity index (χ0n) is 16.9. The Hall–Kier alpha value is -1.78. The van der Waals surface area contributed by atoms with Gasteiger partial charge in [-0.15, -0.1) is 11.3 Å². The van der Waals surface area contributed by atoms with Crippen LogP contribution in [0.3, 0.4) is 0 Å². The fourth-order valence-corrected chi connectivity index (χ4v) is 5.84. The Bertz CT molecular complexity index is 992. The number of hydrogen-bond acceptors (Lipinski definition) is 5. The van der Waals surface area contributed by atoms with E-state index in [4.69, 9.17) is 23.2 Å². The molecule has 1 amide bonds. The van der Waals surface area contributed by atoms with Crippen LogP contribution in [-0.2, 0) is 17.6 Å². The maximum absolute atomic E-state index is 12.7. The van der Waals surface area contributed by atoms with Crippen LogP contribution < -0.4 is 10.2 Å². The summed E-state index contributed by atoms with van der Waals surface area (Å²) in [5.41, 5.74) is 2.86. The molecule has 0 radical (unpaired) electrons. The number of amides is 1. The third-order valence-corrected chi connectivity index (χ3v) is 7.79. The first-order valence-corrected chi connectivity index (χ1v) is 11.8. The fraction of sp³-hybridized carbons (Fsp3) is 0.455. The number of carbonyl (C=O) groups is 1. The highest BCUT2D eigenvalue weighted by Crippen LogP contribution is 2.39. The molecule has 1 saturated heterocycles. The highest BCUT2D eigenvalue weighted by molar-refractivity contribution is 7.16. The molecule has 1 fully saturated rings. The van der Waals surface area contributed by atoms with Gasteiger partial charge in [0.2, 0.25) is 5.91 Å². The number of anilines is 2. The first-order valence-electron chi connectivity index (χ1n) is 10.2. The van der Waals surface area contributed by atoms with E-state index < -0.39 is 0 Å². The van der Waals surface area contributed by atoms with Gasteiger partial charge in [0.25, 0.3) is 0 Å². The van der Waals surface area contributed by atoms with E-state index >= 15 is 0 Å². The molecule has 0 bridgehead atoms. The Balaban J connectivity index is 1.33. The molecule has 2 aliphatic rings. The molecule has 1 atom stereocenters. The number of carbonyl (C=O) groups excluding carboxylic acids is 1. The van der Waals surface area contributed by atoms with Gasteiger partial charge < -0.3 is 10.2 Å². The van der Waals surface area contributed by atoms with E-state index in [2.05, 4.69) is 28.1 Å². The topological polar surface area (TPSA) is 59.4 Å². The Morgan fingerprint density at radius 2 is 2.03 bits per heavy atom. The fourth-order valence-electron chi connectivity index (χ4n) is 4.17. The molecule has 158 valence electrons. The Morgan fingerprint density at radius 1 is 1.27 bits per heavy atom. The van der Waals surface area contributed by atoms with Crippen LogP contribution in [0.15, 0.2) is 18.2 Å². The summed E-state index contributed by atoms with van der Waals surface area (Å²) in [6.45, 7) is 5.79. The summed E-state index contributed by atoms with van der Waals surface area (Å²) in [6.07, 6.45) is 3.04. The number of nitriles is 1. The summed E-state index contributed by atoms with van der Waals surface area (Å²) in [5.74, 6) is 0.583. The normalized spacial score (nSPS) is 19.3. The standard InChI is InChI=1S/C22H24Cl2N4OS/c1-14-2-4-16-17(12-25)22(30-20(16)10-14)26-21(29)13-27-6-8-28(9-7-27)15-3-5-18(23)19(24)11-15/h3,5,11,14H,2,4,6-10,13H2,1H3,(H,26,29). The number of benzene rings is 1. The van der Waals surface area contributed by atoms with Gasteiger partial charge >= 0.3 is 0 Å². The molecule has 4 rings (SSSR count). The van der Waals surface area contributed by atoms with E-state index in [1.807, 2.05) is 18.2 Å². The summed E-state index contributed by atoms with van der Waals surface area (Å²) in [5, 5.41) is 14.4. The molecule has 1 aliphatic heterocycles. The van der Waals surface area contributed by atoms with Gasteiger partial charge in [-0.1, -0.05) is 30.1 Å². The Morgan fingerprint density at radius 3 is 2.73 bits per heavy atom. The zero-order valence-corrected chi connectivity index (χ0v) is 19.2. The minimum Gasteiger partial charge on any atom is -0.369 e. The predicted octanol–water partition coefficient (Wildman–Crippen LogP) is 4.81. The van der Waals surface area contributed by atoms with Gasteiger partial charge in [-0.05, 0) is 48.9 Å². The SMILES string of the molecule is CC1CCc2c(sc(NC(=O)CN3CCN(c4ccc(Cl)c(Cl)c4)CC3)c2C#N)C1. The average Bonchev–Trinajstić information content (AvgIpc) is 3.06. The van der Waals surface area contributed by atoms with E-state index in [-0.39, 0.29) is 5.91 Å². The van der Waals surface area contributed by atoms with Crippen molar-refractivity contribution < 1.29 is 4.79 Å². The minimum atomic E-state index is -0.0545. The van der Waals surface area contributed by atoms with Crippen LogP contribution in [0.4, 0.5) is 10.7 Å². The largest absolute Gasteiger partial charge is 0.369 e. The molecule has 1 aromatic carbocycles. The minimum absolute atomic E-state index is 0.0545. The second kappa shape index (κ2) is 9.15. The summed E-state index contributed by atoms with van der Waals surface area (Å²) in [4.78, 5) is 18.3. The molecule has 1 aliphatic carbocycles. The predicted molar refractivity (Wildman–Crippen MR) is 124 cm³/mol. The molecule has 0 saturated carbocycles. The third kappa shape index (κ3) is 4.60. The highest BCUT2D eigenvalue weighted by Gasteiger charge is 2.25. The van der Waals surface area contributed by atoms with Crippen LogP contribution in [0.1, 0.15) is 29.3 Å². The first-order chi connectivity index (χ1) is 14.4. The molecule has 2 aromatic rings. The van der Waals surface area contributed by atoms with Crippen molar-refractivity contribution in [1.82, 2.24) is 4.90 Å². The smallest absolute Gasteiger partial charge is 0.239 e. The van der Waals surface area contributed by atoms with Crippen molar-refractivity contribution in [3.05, 3.63) is 44.2 Å². The van der Waals surface area contributed by atoms with Crippen molar-refractivity contribution in [2.24, 2.45) is 5.92 Å². The van der Waals surface area contributed by atoms with Crippen molar-refractivity contribution in [2.45, 2.75) is 26.2 Å². The number of halogens is 2. The monoisotopic (exact) mass is 462 g/mol. The van der Waals surface area contributed by atoms with Gasteiger partial charge in [0.1, 0.15) is 11.1 Å². The first kappa shape index (κ1) is 21.5. The summed E-state index contributed by atoms with van der Waals surface area (Å²) in [7, 11) is 0. The van der Waals surface area contributed by atoms with Crippen LogP contribution in [0.5, 0.6) is 0 Å². The van der Waals surface area contributed by atoms with Gasteiger partial charge in [0.05, 0.1) is 22.2 Å². The number of nitrogens with zero attached hydrogens (tertiary/aromatic N) is 3. The molecule has 2 heterocycles. The lowest BCUT2D eigenvalue weighted by Crippen LogP contribution is -2.48. The molecule has 8 heteroatoms. The van der Waals surface area contributed by atoms with Crippen molar-refractivity contribution >= 4 is 51.1 Å². The van der Waals surface area contributed by atoms with Crippen molar-refractivity contribution in [3.8, 4) is 6.07 Å². The second-order valence-corrected chi connectivity index (χ2v) is 10.00. The maximum Gasteiger partial charge on any atom is 0.239 e. The van der Waals surface area contributed by atoms with Crippen LogP contribution in [0, 0.1) is 17.2 Å². The van der Waals surface area contributed by atoms with E-state index in [1.165, 1.54) is 4.88 Å². The number of nitrogens with one attached hydrogen (secondary N) is 1. The van der Waals surface area contributed by atoms with E-state index in [9.17, 15) is 10.1 Å². The van der Waals surface area contributed by atoms with Gasteiger partial charge in [-0.3, -0.25) is 9.69 Å². The molecule has 5 nitrogen and oxygen atoms in total. The van der Waals surface area contributed by atoms with Gasteiger partial charge in [-0.25, -0.2) is 0 Å². The van der Waals surface area contributed by atoms with E-state index in [0.717, 1.165) is 61.7 Å². The van der Waals surface area contributed by atoms with Crippen molar-refractivity contribution in [2.75, 3.05) is 42.9 Å². The summed E-state index contributed by atoms with van der Waals surface area (Å²) in [6, 6.07) is 7.98. The highest BCUT2D eigenvalue weighted by atomic mass is 35.5. The quantitative estimate of drug-likeness (QED) is 0.707. The van der Waals surface area contributed by atoms with Crippen LogP contribution >= 0.6 is 34.5 Å². The molecule has 0 spiro atoms. The lowest BCUT2D eigenvalue weighted by Gasteiger charge is -2.35. The van der Waals surface area contributed by atoms with Gasteiger partial charge in [-0.2, -0.15) is 5.26 Å². The average molecular weight is 463 g/mol. The second-order valence-electron chi connectivity index (χ2n) is 8.08. The zero-order chi connectivity index (χ0) is 21.3. The molecule has 30 heavy (non-hydrogen) atoms. The lowest BCUT2D eigenvalue weighted by atomic mass is 9.89. The van der Waals surface area contributed by atoms with Crippen molar-refractivity contribution in [1.29, 1.82) is 5.26 Å². The molecule has 1 aromatic heterocycles. The Kier molecular flexibility index (Phi) is 6.54. The van der Waals surface area contributed by atoms with Crippen LogP contribution in [0.25, 0.3) is 0 Å². The summed E-state index contributed by atoms with van der Waals surface area (Å²) >= 11 is 13.7. The number of thiophene rings is 1.